The number of rotatable bonds is 4. The lowest BCUT2D eigenvalue weighted by atomic mass is 9.56. The zero-order chi connectivity index (χ0) is 29.1. The maximum absolute atomic E-state index is 14.2. The molecule has 0 N–H and O–H groups in total. The summed E-state index contributed by atoms with van der Waals surface area (Å²) in [6.07, 6.45) is 4.76. The van der Waals surface area contributed by atoms with Gasteiger partial charge in [-0.2, -0.15) is 0 Å². The lowest BCUT2D eigenvalue weighted by molar-refractivity contribution is -0.173. The van der Waals surface area contributed by atoms with E-state index in [-0.39, 0.29) is 35.8 Å². The van der Waals surface area contributed by atoms with Crippen LogP contribution in [0.25, 0.3) is 11.3 Å². The first kappa shape index (κ1) is 28.0. The zero-order valence-electron chi connectivity index (χ0n) is 23.2. The van der Waals surface area contributed by atoms with Crippen LogP contribution in [-0.4, -0.2) is 61.5 Å². The average Bonchev–Trinajstić information content (AvgIpc) is 3.50. The molecule has 1 spiro atoms. The fourth-order valence-corrected chi connectivity index (χ4v) is 6.95. The van der Waals surface area contributed by atoms with Crippen LogP contribution in [0.2, 0.25) is 10.0 Å². The van der Waals surface area contributed by atoms with Crippen molar-refractivity contribution in [3.63, 3.8) is 0 Å². The highest BCUT2D eigenvalue weighted by molar-refractivity contribution is 6.35. The van der Waals surface area contributed by atoms with Gasteiger partial charge in [-0.1, -0.05) is 47.0 Å². The van der Waals surface area contributed by atoms with Crippen molar-refractivity contribution >= 4 is 35.2 Å². The number of hydrogen-bond donors (Lipinski definition) is 0. The summed E-state index contributed by atoms with van der Waals surface area (Å²) in [5, 5.41) is 9.61. The molecule has 2 aromatic carbocycles. The first-order valence-corrected chi connectivity index (χ1v) is 14.6. The summed E-state index contributed by atoms with van der Waals surface area (Å²) in [6.45, 7) is 6.27. The van der Waals surface area contributed by atoms with Crippen molar-refractivity contribution in [2.24, 2.45) is 5.41 Å². The summed E-state index contributed by atoms with van der Waals surface area (Å²) in [6, 6.07) is 10.4. The Morgan fingerprint density at radius 1 is 1.05 bits per heavy atom. The predicted octanol–water partition coefficient (Wildman–Crippen LogP) is 6.70. The number of carbonyl (C=O) groups excluding carboxylic acids is 2. The largest absolute Gasteiger partial charge is 0.444 e. The molecule has 6 rings (SSSR count). The Balaban J connectivity index is 1.28. The van der Waals surface area contributed by atoms with Crippen molar-refractivity contribution in [3.05, 3.63) is 70.1 Å². The van der Waals surface area contributed by atoms with Gasteiger partial charge in [-0.05, 0) is 69.5 Å². The molecule has 2 unspecified atom stereocenters. The molecular formula is C30H32Cl2FN5O3. The fourth-order valence-electron chi connectivity index (χ4n) is 6.42. The first-order valence-electron chi connectivity index (χ1n) is 13.9. The molecule has 3 atom stereocenters. The summed E-state index contributed by atoms with van der Waals surface area (Å²) in [7, 11) is 0. The van der Waals surface area contributed by atoms with E-state index in [2.05, 4.69) is 10.3 Å². The van der Waals surface area contributed by atoms with Gasteiger partial charge in [-0.3, -0.25) is 9.69 Å². The van der Waals surface area contributed by atoms with E-state index in [0.717, 1.165) is 30.4 Å². The number of amides is 2. The summed E-state index contributed by atoms with van der Waals surface area (Å²) >= 11 is 12.4. The van der Waals surface area contributed by atoms with Crippen LogP contribution in [0.1, 0.15) is 64.1 Å². The van der Waals surface area contributed by atoms with E-state index in [1.165, 1.54) is 17.0 Å². The molecule has 2 aliphatic heterocycles. The molecule has 0 bridgehead atoms. The van der Waals surface area contributed by atoms with Crippen LogP contribution in [0.15, 0.2) is 48.7 Å². The van der Waals surface area contributed by atoms with Crippen molar-refractivity contribution in [1.29, 1.82) is 0 Å². The predicted molar refractivity (Wildman–Crippen MR) is 153 cm³/mol. The molecule has 2 amide bonds. The van der Waals surface area contributed by atoms with Crippen LogP contribution < -0.4 is 0 Å². The minimum absolute atomic E-state index is 0.0152. The molecule has 2 saturated heterocycles. The first-order chi connectivity index (χ1) is 19.4. The second-order valence-electron chi connectivity index (χ2n) is 12.4. The van der Waals surface area contributed by atoms with Gasteiger partial charge in [0.05, 0.1) is 18.3 Å². The lowest BCUT2D eigenvalue weighted by Crippen LogP contribution is -2.66. The van der Waals surface area contributed by atoms with Crippen molar-refractivity contribution in [2.45, 2.75) is 70.2 Å². The van der Waals surface area contributed by atoms with Crippen LogP contribution >= 0.6 is 23.2 Å². The zero-order valence-corrected chi connectivity index (χ0v) is 24.7. The van der Waals surface area contributed by atoms with Crippen molar-refractivity contribution in [2.75, 3.05) is 13.1 Å². The lowest BCUT2D eigenvalue weighted by Gasteiger charge is -2.63. The molecule has 1 aromatic heterocycles. The molecule has 11 heteroatoms. The summed E-state index contributed by atoms with van der Waals surface area (Å²) < 4.78 is 21.1. The molecular weight excluding hydrogens is 568 g/mol. The van der Waals surface area contributed by atoms with E-state index in [1.54, 1.807) is 62.0 Å². The van der Waals surface area contributed by atoms with Gasteiger partial charge in [0.2, 0.25) is 5.91 Å². The van der Waals surface area contributed by atoms with Crippen LogP contribution in [0, 0.1) is 11.2 Å². The van der Waals surface area contributed by atoms with Gasteiger partial charge >= 0.3 is 6.09 Å². The molecule has 3 aliphatic rings. The second-order valence-corrected chi connectivity index (χ2v) is 13.3. The van der Waals surface area contributed by atoms with E-state index in [0.29, 0.717) is 28.7 Å². The Bertz CT molecular complexity index is 1460. The SMILES string of the molecule is CC(C)(C)OC(=O)N1CC(n2cc(-c3cc(Cl)cc(Cl)c3)nn2)C[C@@H]1C(=O)N1CC2(CCC2)C1c1ccc(F)cc1. The normalized spacial score (nSPS) is 23.3. The highest BCUT2D eigenvalue weighted by atomic mass is 35.5. The maximum Gasteiger partial charge on any atom is 0.411 e. The third-order valence-corrected chi connectivity index (χ3v) is 8.87. The molecule has 3 fully saturated rings. The third-order valence-electron chi connectivity index (χ3n) is 8.43. The van der Waals surface area contributed by atoms with Crippen molar-refractivity contribution in [1.82, 2.24) is 24.8 Å². The maximum atomic E-state index is 14.2. The number of hydrogen-bond acceptors (Lipinski definition) is 5. The van der Waals surface area contributed by atoms with Gasteiger partial charge in [-0.25, -0.2) is 13.9 Å². The van der Waals surface area contributed by atoms with Crippen LogP contribution in [0.5, 0.6) is 0 Å². The van der Waals surface area contributed by atoms with Gasteiger partial charge in [-0.15, -0.1) is 5.10 Å². The van der Waals surface area contributed by atoms with E-state index in [1.807, 2.05) is 4.90 Å². The monoisotopic (exact) mass is 599 g/mol. The summed E-state index contributed by atoms with van der Waals surface area (Å²) in [5.41, 5.74) is 1.51. The Morgan fingerprint density at radius 2 is 1.73 bits per heavy atom. The van der Waals surface area contributed by atoms with E-state index in [9.17, 15) is 14.0 Å². The Hall–Kier alpha value is -3.17. The number of ether oxygens (including phenoxy) is 1. The van der Waals surface area contributed by atoms with Crippen LogP contribution in [0.4, 0.5) is 9.18 Å². The second kappa shape index (κ2) is 10.3. The van der Waals surface area contributed by atoms with Gasteiger partial charge in [0.25, 0.3) is 0 Å². The van der Waals surface area contributed by atoms with Crippen LogP contribution in [0.3, 0.4) is 0 Å². The minimum Gasteiger partial charge on any atom is -0.444 e. The highest BCUT2D eigenvalue weighted by Gasteiger charge is 2.59. The average molecular weight is 601 g/mol. The van der Waals surface area contributed by atoms with Gasteiger partial charge in [0.1, 0.15) is 23.2 Å². The molecule has 1 saturated carbocycles. The molecule has 8 nitrogen and oxygen atoms in total. The Kier molecular flexibility index (Phi) is 7.01. The molecule has 41 heavy (non-hydrogen) atoms. The topological polar surface area (TPSA) is 80.6 Å². The van der Waals surface area contributed by atoms with E-state index < -0.39 is 17.7 Å². The van der Waals surface area contributed by atoms with Crippen molar-refractivity contribution < 1.29 is 18.7 Å². The number of aromatic nitrogens is 3. The van der Waals surface area contributed by atoms with E-state index in [4.69, 9.17) is 27.9 Å². The minimum atomic E-state index is -0.733. The quantitative estimate of drug-likeness (QED) is 0.333. The number of benzene rings is 2. The Labute approximate surface area is 248 Å². The molecule has 3 aromatic rings. The smallest absolute Gasteiger partial charge is 0.411 e. The number of carbonyl (C=O) groups is 2. The summed E-state index contributed by atoms with van der Waals surface area (Å²) in [4.78, 5) is 31.0. The van der Waals surface area contributed by atoms with Crippen LogP contribution in [-0.2, 0) is 9.53 Å². The Morgan fingerprint density at radius 3 is 2.34 bits per heavy atom. The number of halogens is 3. The fraction of sp³-hybridized carbons (Fsp3) is 0.467. The standard InChI is InChI=1S/C30H32Cl2FN5O3/c1-29(2,3)41-28(40)36-15-23(38-16-24(34-35-38)19-11-20(31)13-21(32)12-19)14-25(36)27(39)37-17-30(9-4-10-30)26(37)18-5-7-22(33)8-6-18/h5-8,11-13,16,23,25-26H,4,9-10,14-15,17H2,1-3H3/t23?,25-,26?/m1/s1. The number of nitrogens with zero attached hydrogens (tertiary/aromatic N) is 5. The van der Waals surface area contributed by atoms with Gasteiger partial charge < -0.3 is 9.64 Å². The molecule has 216 valence electrons. The molecule has 3 heterocycles. The molecule has 0 radical (unpaired) electrons. The van der Waals surface area contributed by atoms with Crippen molar-refractivity contribution in [3.8, 4) is 11.3 Å². The highest BCUT2D eigenvalue weighted by Crippen LogP contribution is 2.60. The number of likely N-dealkylation sites (tertiary alicyclic amines) is 2. The molecule has 1 aliphatic carbocycles. The third kappa shape index (κ3) is 5.30. The van der Waals surface area contributed by atoms with Gasteiger partial charge in [0, 0.05) is 40.5 Å². The van der Waals surface area contributed by atoms with E-state index >= 15 is 0 Å². The van der Waals surface area contributed by atoms with Gasteiger partial charge in [0.15, 0.2) is 0 Å². The summed E-state index contributed by atoms with van der Waals surface area (Å²) in [5.74, 6) is -0.442.